The van der Waals surface area contributed by atoms with Gasteiger partial charge in [-0.1, -0.05) is 13.8 Å². The van der Waals surface area contributed by atoms with Gasteiger partial charge in [0.05, 0.1) is 6.04 Å². The minimum atomic E-state index is 0.377. The van der Waals surface area contributed by atoms with E-state index in [2.05, 4.69) is 28.6 Å². The smallest absolute Gasteiger partial charge is 0.151 e. The fraction of sp³-hybridized carbons (Fsp3) is 0.818. The summed E-state index contributed by atoms with van der Waals surface area (Å²) in [4.78, 5) is 4.59. The van der Waals surface area contributed by atoms with Gasteiger partial charge in [-0.2, -0.15) is 5.10 Å². The molecule has 2 heterocycles. The normalized spacial score (nSPS) is 20.7. The summed E-state index contributed by atoms with van der Waals surface area (Å²) in [5, 5.41) is 4.57. The van der Waals surface area contributed by atoms with E-state index >= 15 is 0 Å². The van der Waals surface area contributed by atoms with Gasteiger partial charge in [-0.25, -0.2) is 9.67 Å². The number of fused-ring (bicyclic) bond motifs is 1. The molecule has 1 aromatic rings. The Labute approximate surface area is 90.9 Å². The molecule has 84 valence electrons. The van der Waals surface area contributed by atoms with E-state index in [9.17, 15) is 0 Å². The monoisotopic (exact) mass is 208 g/mol. The third kappa shape index (κ3) is 2.20. The standard InChI is InChI=1S/C11H20N4/c1-8(2)6-10-13-11-5-3-4-9(7-12)15(11)14-10/h8-9H,3-7,12H2,1-2H3. The van der Waals surface area contributed by atoms with Crippen molar-refractivity contribution in [3.05, 3.63) is 11.6 Å². The maximum absolute atomic E-state index is 5.74. The second-order valence-electron chi connectivity index (χ2n) is 4.77. The average molecular weight is 208 g/mol. The van der Waals surface area contributed by atoms with Crippen LogP contribution in [0.4, 0.5) is 0 Å². The molecule has 4 heteroatoms. The third-order valence-corrected chi connectivity index (χ3v) is 2.89. The first kappa shape index (κ1) is 10.6. The summed E-state index contributed by atoms with van der Waals surface area (Å²) in [6.07, 6.45) is 4.37. The first-order chi connectivity index (χ1) is 7.20. The average Bonchev–Trinajstić information content (AvgIpc) is 2.58. The molecule has 2 rings (SSSR count). The minimum Gasteiger partial charge on any atom is -0.328 e. The van der Waals surface area contributed by atoms with Crippen LogP contribution < -0.4 is 5.73 Å². The zero-order chi connectivity index (χ0) is 10.8. The maximum Gasteiger partial charge on any atom is 0.151 e. The fourth-order valence-electron chi connectivity index (χ4n) is 2.15. The number of rotatable bonds is 3. The van der Waals surface area contributed by atoms with Crippen LogP contribution in [0.25, 0.3) is 0 Å². The number of hydrogen-bond donors (Lipinski definition) is 1. The molecule has 0 aromatic carbocycles. The lowest BCUT2D eigenvalue weighted by molar-refractivity contribution is 0.368. The van der Waals surface area contributed by atoms with Gasteiger partial charge in [0, 0.05) is 19.4 Å². The maximum atomic E-state index is 5.74. The topological polar surface area (TPSA) is 56.7 Å². The lowest BCUT2D eigenvalue weighted by Crippen LogP contribution is -2.25. The molecule has 0 saturated carbocycles. The summed E-state index contributed by atoms with van der Waals surface area (Å²) in [5.74, 6) is 2.73. The van der Waals surface area contributed by atoms with Crippen molar-refractivity contribution in [2.45, 2.75) is 45.6 Å². The molecule has 0 fully saturated rings. The van der Waals surface area contributed by atoms with Crippen molar-refractivity contribution in [3.8, 4) is 0 Å². The Kier molecular flexibility index (Phi) is 3.05. The van der Waals surface area contributed by atoms with Gasteiger partial charge in [-0.3, -0.25) is 0 Å². The number of nitrogens with two attached hydrogens (primary N) is 1. The Morgan fingerprint density at radius 3 is 3.00 bits per heavy atom. The predicted molar refractivity (Wildman–Crippen MR) is 59.6 cm³/mol. The van der Waals surface area contributed by atoms with E-state index in [1.54, 1.807) is 0 Å². The van der Waals surface area contributed by atoms with Crippen molar-refractivity contribution in [1.29, 1.82) is 0 Å². The first-order valence-corrected chi connectivity index (χ1v) is 5.85. The fourth-order valence-corrected chi connectivity index (χ4v) is 2.15. The highest BCUT2D eigenvalue weighted by molar-refractivity contribution is 4.99. The molecule has 1 aliphatic rings. The lowest BCUT2D eigenvalue weighted by atomic mass is 10.1. The second kappa shape index (κ2) is 4.31. The van der Waals surface area contributed by atoms with E-state index in [-0.39, 0.29) is 0 Å². The van der Waals surface area contributed by atoms with Crippen LogP contribution in [0.1, 0.15) is 44.4 Å². The molecule has 4 nitrogen and oxygen atoms in total. The molecule has 2 N–H and O–H groups in total. The van der Waals surface area contributed by atoms with Crippen LogP contribution in [0.15, 0.2) is 0 Å². The minimum absolute atomic E-state index is 0.377. The van der Waals surface area contributed by atoms with E-state index in [4.69, 9.17) is 5.73 Å². The van der Waals surface area contributed by atoms with Crippen molar-refractivity contribution >= 4 is 0 Å². The molecule has 1 unspecified atom stereocenters. The number of aryl methyl sites for hydroxylation is 1. The Morgan fingerprint density at radius 2 is 2.33 bits per heavy atom. The molecular formula is C11H20N4. The summed E-state index contributed by atoms with van der Waals surface area (Å²) in [6.45, 7) is 5.07. The van der Waals surface area contributed by atoms with Crippen molar-refractivity contribution < 1.29 is 0 Å². The van der Waals surface area contributed by atoms with Crippen LogP contribution in [0.5, 0.6) is 0 Å². The molecule has 0 bridgehead atoms. The highest BCUT2D eigenvalue weighted by Crippen LogP contribution is 2.22. The Balaban J connectivity index is 2.21. The van der Waals surface area contributed by atoms with Crippen molar-refractivity contribution in [2.75, 3.05) is 6.54 Å². The summed E-state index contributed by atoms with van der Waals surface area (Å²) in [7, 11) is 0. The zero-order valence-electron chi connectivity index (χ0n) is 9.61. The van der Waals surface area contributed by atoms with Gasteiger partial charge >= 0.3 is 0 Å². The Bertz CT molecular complexity index is 329. The van der Waals surface area contributed by atoms with Crippen molar-refractivity contribution in [1.82, 2.24) is 14.8 Å². The van der Waals surface area contributed by atoms with Gasteiger partial charge in [-0.05, 0) is 18.8 Å². The van der Waals surface area contributed by atoms with Crippen LogP contribution in [-0.4, -0.2) is 21.3 Å². The van der Waals surface area contributed by atoms with Crippen molar-refractivity contribution in [3.63, 3.8) is 0 Å². The van der Waals surface area contributed by atoms with Gasteiger partial charge in [-0.15, -0.1) is 0 Å². The molecule has 0 amide bonds. The molecule has 0 radical (unpaired) electrons. The van der Waals surface area contributed by atoms with Crippen LogP contribution in [0.3, 0.4) is 0 Å². The molecule has 15 heavy (non-hydrogen) atoms. The molecule has 0 saturated heterocycles. The third-order valence-electron chi connectivity index (χ3n) is 2.89. The Hall–Kier alpha value is -0.900. The number of aromatic nitrogens is 3. The SMILES string of the molecule is CC(C)Cc1nc2n(n1)C(CN)CCC2. The van der Waals surface area contributed by atoms with E-state index < -0.39 is 0 Å². The second-order valence-corrected chi connectivity index (χ2v) is 4.77. The molecular weight excluding hydrogens is 188 g/mol. The zero-order valence-corrected chi connectivity index (χ0v) is 9.61. The molecule has 1 atom stereocenters. The van der Waals surface area contributed by atoms with Crippen LogP contribution in [0, 0.1) is 5.92 Å². The largest absolute Gasteiger partial charge is 0.328 e. The van der Waals surface area contributed by atoms with Gasteiger partial charge in [0.1, 0.15) is 5.82 Å². The number of hydrogen-bond acceptors (Lipinski definition) is 3. The molecule has 1 aromatic heterocycles. The van der Waals surface area contributed by atoms with Gasteiger partial charge in [0.25, 0.3) is 0 Å². The summed E-state index contributed by atoms with van der Waals surface area (Å²) in [6, 6.07) is 0.377. The molecule has 0 aliphatic carbocycles. The van der Waals surface area contributed by atoms with Gasteiger partial charge in [0.2, 0.25) is 0 Å². The van der Waals surface area contributed by atoms with Gasteiger partial charge in [0.15, 0.2) is 5.82 Å². The van der Waals surface area contributed by atoms with Crippen LogP contribution >= 0.6 is 0 Å². The summed E-state index contributed by atoms with van der Waals surface area (Å²) >= 11 is 0. The summed E-state index contributed by atoms with van der Waals surface area (Å²) < 4.78 is 2.06. The van der Waals surface area contributed by atoms with E-state index in [0.29, 0.717) is 18.5 Å². The summed E-state index contributed by atoms with van der Waals surface area (Å²) in [5.41, 5.74) is 5.74. The molecule has 0 spiro atoms. The highest BCUT2D eigenvalue weighted by atomic mass is 15.4. The van der Waals surface area contributed by atoms with Crippen molar-refractivity contribution in [2.24, 2.45) is 11.7 Å². The Morgan fingerprint density at radius 1 is 1.53 bits per heavy atom. The van der Waals surface area contributed by atoms with E-state index in [1.807, 2.05) is 0 Å². The van der Waals surface area contributed by atoms with Gasteiger partial charge < -0.3 is 5.73 Å². The predicted octanol–water partition coefficient (Wildman–Crippen LogP) is 1.31. The van der Waals surface area contributed by atoms with E-state index in [0.717, 1.165) is 30.9 Å². The quantitative estimate of drug-likeness (QED) is 0.815. The van der Waals surface area contributed by atoms with Crippen LogP contribution in [-0.2, 0) is 12.8 Å². The number of nitrogens with zero attached hydrogens (tertiary/aromatic N) is 3. The van der Waals surface area contributed by atoms with Crippen LogP contribution in [0.2, 0.25) is 0 Å². The highest BCUT2D eigenvalue weighted by Gasteiger charge is 2.21. The lowest BCUT2D eigenvalue weighted by Gasteiger charge is -2.21. The first-order valence-electron chi connectivity index (χ1n) is 5.85. The molecule has 1 aliphatic heterocycles. The van der Waals surface area contributed by atoms with E-state index in [1.165, 1.54) is 6.42 Å².